The summed E-state index contributed by atoms with van der Waals surface area (Å²) in [5.74, 6) is 0.115. The number of nitrogens with zero attached hydrogens (tertiary/aromatic N) is 2. The van der Waals surface area contributed by atoms with Gasteiger partial charge in [-0.3, -0.25) is 14.2 Å². The number of rotatable bonds is 5. The number of nitrogens with one attached hydrogen (secondary N) is 1. The molecule has 1 N–H and O–H groups in total. The number of anilines is 1. The van der Waals surface area contributed by atoms with Crippen molar-refractivity contribution in [3.8, 4) is 11.5 Å². The maximum atomic E-state index is 13.5. The van der Waals surface area contributed by atoms with Crippen molar-refractivity contribution in [2.45, 2.75) is 33.0 Å². The predicted octanol–water partition coefficient (Wildman–Crippen LogP) is 4.25. The fourth-order valence-corrected chi connectivity index (χ4v) is 3.31. The largest absolute Gasteiger partial charge is 0.493 e. The van der Waals surface area contributed by atoms with Gasteiger partial charge in [-0.15, -0.1) is 0 Å². The molecule has 3 aromatic rings. The number of hydrogen-bond donors (Lipinski definition) is 1. The summed E-state index contributed by atoms with van der Waals surface area (Å²) in [5, 5.41) is 2.61. The van der Waals surface area contributed by atoms with Gasteiger partial charge in [0.05, 0.1) is 25.3 Å². The molecule has 1 aromatic heterocycles. The topological polar surface area (TPSA) is 82.5 Å². The molecular formula is C22H22F3N3O4. The predicted molar refractivity (Wildman–Crippen MR) is 113 cm³/mol. The van der Waals surface area contributed by atoms with E-state index in [4.69, 9.17) is 9.47 Å². The summed E-state index contributed by atoms with van der Waals surface area (Å²) in [7, 11) is 2.89. The Morgan fingerprint density at radius 1 is 1.06 bits per heavy atom. The standard InChI is InChI=1S/C22H22F3N3O4/c1-11-8-15-16(9-12(11)2)28(21(30)19(27-15)22(23,24)25)13(3)20(29)26-14-6-7-17(31-4)18(10-14)32-5/h6-10,13H,1-5H3,(H,26,29)/t13-/m0/s1. The number of aromatic nitrogens is 2. The van der Waals surface area contributed by atoms with E-state index < -0.39 is 29.4 Å². The first-order chi connectivity index (χ1) is 15.0. The lowest BCUT2D eigenvalue weighted by molar-refractivity contribution is -0.142. The Kier molecular flexibility index (Phi) is 6.16. The van der Waals surface area contributed by atoms with Crippen molar-refractivity contribution in [3.05, 3.63) is 57.5 Å². The van der Waals surface area contributed by atoms with Gasteiger partial charge in [0.15, 0.2) is 11.5 Å². The quantitative estimate of drug-likeness (QED) is 0.630. The van der Waals surface area contributed by atoms with Crippen LogP contribution in [-0.4, -0.2) is 29.7 Å². The second-order valence-corrected chi connectivity index (χ2v) is 7.29. The second kappa shape index (κ2) is 8.52. The molecule has 0 saturated heterocycles. The molecular weight excluding hydrogens is 427 g/mol. The summed E-state index contributed by atoms with van der Waals surface area (Å²) in [6, 6.07) is 6.39. The molecule has 10 heteroatoms. The Labute approximate surface area is 181 Å². The minimum Gasteiger partial charge on any atom is -0.493 e. The number of halogens is 3. The summed E-state index contributed by atoms with van der Waals surface area (Å²) in [5.41, 5.74) is -1.05. The van der Waals surface area contributed by atoms with Crippen LogP contribution in [0.4, 0.5) is 18.9 Å². The summed E-state index contributed by atoms with van der Waals surface area (Å²) in [4.78, 5) is 29.3. The first-order valence-corrected chi connectivity index (χ1v) is 9.61. The first-order valence-electron chi connectivity index (χ1n) is 9.61. The van der Waals surface area contributed by atoms with Crippen molar-refractivity contribution in [1.82, 2.24) is 9.55 Å². The molecule has 0 saturated carbocycles. The number of carbonyl (C=O) groups is 1. The molecule has 0 aliphatic heterocycles. The Morgan fingerprint density at radius 2 is 1.69 bits per heavy atom. The average molecular weight is 449 g/mol. The van der Waals surface area contributed by atoms with Crippen LogP contribution in [0.15, 0.2) is 35.1 Å². The summed E-state index contributed by atoms with van der Waals surface area (Å²) < 4.78 is 51.7. The number of fused-ring (bicyclic) bond motifs is 1. The van der Waals surface area contributed by atoms with E-state index in [9.17, 15) is 22.8 Å². The van der Waals surface area contributed by atoms with Crippen LogP contribution in [0.25, 0.3) is 11.0 Å². The van der Waals surface area contributed by atoms with Crippen LogP contribution in [-0.2, 0) is 11.0 Å². The zero-order chi connectivity index (χ0) is 23.8. The molecule has 2 aromatic carbocycles. The zero-order valence-electron chi connectivity index (χ0n) is 18.1. The van der Waals surface area contributed by atoms with Gasteiger partial charge in [0.25, 0.3) is 5.56 Å². The Hall–Kier alpha value is -3.56. The number of alkyl halides is 3. The zero-order valence-corrected chi connectivity index (χ0v) is 18.1. The lowest BCUT2D eigenvalue weighted by Gasteiger charge is -2.20. The fraction of sp³-hybridized carbons (Fsp3) is 0.318. The molecule has 0 fully saturated rings. The fourth-order valence-electron chi connectivity index (χ4n) is 3.31. The van der Waals surface area contributed by atoms with Crippen LogP contribution in [0, 0.1) is 13.8 Å². The molecule has 0 bridgehead atoms. The highest BCUT2D eigenvalue weighted by Crippen LogP contribution is 2.31. The van der Waals surface area contributed by atoms with Crippen molar-refractivity contribution < 1.29 is 27.4 Å². The average Bonchev–Trinajstić information content (AvgIpc) is 2.73. The molecule has 7 nitrogen and oxygen atoms in total. The maximum Gasteiger partial charge on any atom is 0.438 e. The molecule has 1 amide bonds. The van der Waals surface area contributed by atoms with Gasteiger partial charge in [-0.05, 0) is 56.2 Å². The van der Waals surface area contributed by atoms with Crippen molar-refractivity contribution in [3.63, 3.8) is 0 Å². The van der Waals surface area contributed by atoms with Crippen LogP contribution in [0.3, 0.4) is 0 Å². The molecule has 0 spiro atoms. The number of ether oxygens (including phenoxy) is 2. The van der Waals surface area contributed by atoms with Crippen LogP contribution < -0.4 is 20.3 Å². The second-order valence-electron chi connectivity index (χ2n) is 7.29. The third kappa shape index (κ3) is 4.25. The van der Waals surface area contributed by atoms with Gasteiger partial charge in [0.1, 0.15) is 6.04 Å². The van der Waals surface area contributed by atoms with Gasteiger partial charge in [-0.2, -0.15) is 13.2 Å². The highest BCUT2D eigenvalue weighted by molar-refractivity contribution is 5.95. The van der Waals surface area contributed by atoms with E-state index in [0.29, 0.717) is 22.7 Å². The van der Waals surface area contributed by atoms with Crippen molar-refractivity contribution >= 4 is 22.6 Å². The number of amides is 1. The van der Waals surface area contributed by atoms with Crippen molar-refractivity contribution in [2.24, 2.45) is 0 Å². The monoisotopic (exact) mass is 449 g/mol. The Balaban J connectivity index is 2.11. The smallest absolute Gasteiger partial charge is 0.438 e. The third-order valence-electron chi connectivity index (χ3n) is 5.19. The van der Waals surface area contributed by atoms with E-state index in [-0.39, 0.29) is 11.0 Å². The van der Waals surface area contributed by atoms with Crippen LogP contribution in [0.2, 0.25) is 0 Å². The number of aryl methyl sites for hydroxylation is 2. The lowest BCUT2D eigenvalue weighted by atomic mass is 10.1. The van der Waals surface area contributed by atoms with Gasteiger partial charge < -0.3 is 14.8 Å². The SMILES string of the molecule is COc1ccc(NC(=O)[C@H](C)n2c(=O)c(C(F)(F)F)nc3cc(C)c(C)cc32)cc1OC. The van der Waals surface area contributed by atoms with Crippen molar-refractivity contribution in [2.75, 3.05) is 19.5 Å². The molecule has 170 valence electrons. The van der Waals surface area contributed by atoms with Gasteiger partial charge in [-0.25, -0.2) is 4.98 Å². The molecule has 0 radical (unpaired) electrons. The minimum absolute atomic E-state index is 0.0224. The lowest BCUT2D eigenvalue weighted by Crippen LogP contribution is -2.36. The maximum absolute atomic E-state index is 13.5. The van der Waals surface area contributed by atoms with Gasteiger partial charge in [0, 0.05) is 11.8 Å². The number of methoxy groups -OCH3 is 2. The van der Waals surface area contributed by atoms with E-state index in [2.05, 4.69) is 10.3 Å². The third-order valence-corrected chi connectivity index (χ3v) is 5.19. The summed E-state index contributed by atoms with van der Waals surface area (Å²) in [6.07, 6.45) is -4.97. The van der Waals surface area contributed by atoms with Crippen molar-refractivity contribution in [1.29, 1.82) is 0 Å². The molecule has 1 atom stereocenters. The van der Waals surface area contributed by atoms with Crippen LogP contribution in [0.5, 0.6) is 11.5 Å². The van der Waals surface area contributed by atoms with E-state index in [1.54, 1.807) is 32.0 Å². The summed E-state index contributed by atoms with van der Waals surface area (Å²) >= 11 is 0. The molecule has 1 heterocycles. The number of carbonyl (C=O) groups excluding carboxylic acids is 1. The number of hydrogen-bond acceptors (Lipinski definition) is 5. The molecule has 0 aliphatic rings. The van der Waals surface area contributed by atoms with E-state index in [1.165, 1.54) is 33.3 Å². The number of benzene rings is 2. The molecule has 32 heavy (non-hydrogen) atoms. The molecule has 0 unspecified atom stereocenters. The van der Waals surface area contributed by atoms with E-state index in [1.807, 2.05) is 0 Å². The normalized spacial score (nSPS) is 12.5. The minimum atomic E-state index is -4.97. The summed E-state index contributed by atoms with van der Waals surface area (Å²) in [6.45, 7) is 4.84. The van der Waals surface area contributed by atoms with Gasteiger partial charge in [0.2, 0.25) is 11.6 Å². The van der Waals surface area contributed by atoms with Crippen LogP contribution in [0.1, 0.15) is 29.8 Å². The molecule has 0 aliphatic carbocycles. The Morgan fingerprint density at radius 3 is 2.28 bits per heavy atom. The highest BCUT2D eigenvalue weighted by Gasteiger charge is 2.38. The van der Waals surface area contributed by atoms with Gasteiger partial charge in [-0.1, -0.05) is 0 Å². The first kappa shape index (κ1) is 23.1. The van der Waals surface area contributed by atoms with Gasteiger partial charge >= 0.3 is 6.18 Å². The Bertz CT molecular complexity index is 1250. The van der Waals surface area contributed by atoms with Crippen LogP contribution >= 0.6 is 0 Å². The van der Waals surface area contributed by atoms with E-state index in [0.717, 1.165) is 10.1 Å². The molecule has 3 rings (SSSR count). The van der Waals surface area contributed by atoms with E-state index >= 15 is 0 Å². The highest BCUT2D eigenvalue weighted by atomic mass is 19.4.